The van der Waals surface area contributed by atoms with Crippen molar-refractivity contribution in [2.45, 2.75) is 183 Å². The lowest BCUT2D eigenvalue weighted by atomic mass is 9.83. The molecule has 20 N–H and O–H groups in total. The molecule has 18 atom stereocenters. The molecule has 1 amide bonds. The Morgan fingerprint density at radius 3 is 2.20 bits per heavy atom. The van der Waals surface area contributed by atoms with E-state index in [2.05, 4.69) is 27.2 Å². The number of carboxylic acids is 2. The lowest BCUT2D eigenvalue weighted by molar-refractivity contribution is -0.333. The van der Waals surface area contributed by atoms with Crippen LogP contribution >= 0.6 is 0 Å². The number of aliphatic carboxylic acids is 1. The molecule has 8 rings (SSSR count). The number of ether oxygens (including phenoxy) is 4. The first-order chi connectivity index (χ1) is 38.9. The van der Waals surface area contributed by atoms with Crippen molar-refractivity contribution in [3.8, 4) is 0 Å². The molecule has 450 valence electrons. The van der Waals surface area contributed by atoms with Crippen LogP contribution in [0.2, 0.25) is 0 Å². The number of aliphatic hydroxyl groups excluding tert-OH is 8. The van der Waals surface area contributed by atoms with Crippen molar-refractivity contribution in [3.63, 3.8) is 0 Å². The molecular formula is C56H79N9O17. The number of carbonyl (C=O) groups excluding carboxylic acids is 1. The van der Waals surface area contributed by atoms with Crippen LogP contribution in [-0.4, -0.2) is 213 Å². The number of fused-ring (bicyclic) bond motifs is 8. The van der Waals surface area contributed by atoms with Gasteiger partial charge in [0.25, 0.3) is 0 Å². The second-order valence-electron chi connectivity index (χ2n) is 22.0. The number of amides is 1. The van der Waals surface area contributed by atoms with Crippen LogP contribution in [0.5, 0.6) is 0 Å². The Balaban J connectivity index is 1.05. The van der Waals surface area contributed by atoms with Crippen molar-refractivity contribution >= 4 is 51.1 Å². The maximum Gasteiger partial charge on any atom is 0.338 e. The summed E-state index contributed by atoms with van der Waals surface area (Å²) in [7, 11) is 0. The lowest BCUT2D eigenvalue weighted by Crippen LogP contribution is -2.69. The average molecular weight is 1150 g/mol. The van der Waals surface area contributed by atoms with Gasteiger partial charge in [0.05, 0.1) is 53.3 Å². The van der Waals surface area contributed by atoms with Gasteiger partial charge in [-0.2, -0.15) is 0 Å². The maximum absolute atomic E-state index is 14.0. The number of hydrogen-bond donors (Lipinski definition) is 17. The van der Waals surface area contributed by atoms with Gasteiger partial charge in [0.15, 0.2) is 12.6 Å². The summed E-state index contributed by atoms with van der Waals surface area (Å²) in [5, 5.41) is 114. The molecule has 0 radical (unpaired) electrons. The van der Waals surface area contributed by atoms with Crippen LogP contribution in [0.1, 0.15) is 114 Å². The fraction of sp³-hybridized carbons (Fsp3) is 0.589. The number of carbonyl (C=O) groups is 3. The Hall–Kier alpha value is -5.63. The minimum Gasteiger partial charge on any atom is -0.481 e. The summed E-state index contributed by atoms with van der Waals surface area (Å²) in [4.78, 5) is 56.8. The van der Waals surface area contributed by atoms with Crippen LogP contribution in [0.15, 0.2) is 30.9 Å². The van der Waals surface area contributed by atoms with Crippen molar-refractivity contribution in [2.75, 3.05) is 26.2 Å². The number of aromatic carboxylic acids is 1. The molecule has 15 unspecified atom stereocenters. The molecule has 3 fully saturated rings. The quantitative estimate of drug-likeness (QED) is 0.0633. The molecule has 26 nitrogen and oxygen atoms in total. The van der Waals surface area contributed by atoms with Crippen molar-refractivity contribution in [3.05, 3.63) is 81.4 Å². The molecule has 3 aromatic rings. The normalized spacial score (nSPS) is 31.7. The Morgan fingerprint density at radius 2 is 1.54 bits per heavy atom. The van der Waals surface area contributed by atoms with Gasteiger partial charge in [-0.3, -0.25) is 14.6 Å². The molecule has 1 saturated carbocycles. The van der Waals surface area contributed by atoms with E-state index in [4.69, 9.17) is 46.1 Å². The molecule has 82 heavy (non-hydrogen) atoms. The maximum atomic E-state index is 14.0. The highest BCUT2D eigenvalue weighted by molar-refractivity contribution is 6.02. The van der Waals surface area contributed by atoms with Crippen LogP contribution in [0.3, 0.4) is 0 Å². The zero-order chi connectivity index (χ0) is 59.8. The Morgan fingerprint density at radius 1 is 0.854 bits per heavy atom. The number of aliphatic hydroxyl groups is 8. The van der Waals surface area contributed by atoms with Crippen LogP contribution in [-0.2, 0) is 41.4 Å². The average Bonchev–Trinajstić information content (AvgIpc) is 4.01. The number of nitrogens with zero attached hydrogens (tertiary/aromatic N) is 2. The fourth-order valence-corrected chi connectivity index (χ4v) is 12.0. The van der Waals surface area contributed by atoms with Crippen molar-refractivity contribution in [1.29, 1.82) is 0 Å². The first kappa shape index (κ1) is 62.4. The standard InChI is InChI=1S/C56H79N9O17/c1-7-26-21(3)31-15-33-23(5)28(44(64-33)29(13-41(69)70)45-42(54(77)78)24(6)34(65-45)17-36-27(8-2)22(4)32(63-36)16-35(26)62-31)9-10-40(68)61-19-38-47(72)49(74)50(75)56(79-38)81-52-30(58)14-37(60-18-25(67)11-12-57)53(51(52)76)82-55-48(73)43(59)46(71)39(20-66)80-55/h7,15-17,23,25,28,30,37-39,43,46-53,55-56,60,63,65-67,71-76H,1,8-14,18-20,57-59H2,2-6H3,(H,61,68)(H,69,70)(H,77,78)/t23-,25+,28-,30?,37?,38?,39?,43?,46?,47?,48?,49?,50?,51?,52?,53?,55?,56?/m0/s1. The number of H-pyrrole nitrogens is 2. The predicted molar refractivity (Wildman–Crippen MR) is 296 cm³/mol. The van der Waals surface area contributed by atoms with E-state index in [0.717, 1.165) is 33.3 Å². The third kappa shape index (κ3) is 12.6. The second kappa shape index (κ2) is 26.1. The molecule has 1 aliphatic carbocycles. The number of hydrogen-bond acceptors (Lipinski definition) is 21. The molecule has 7 heterocycles. The topological polar surface area (TPSA) is 450 Å². The molecule has 2 saturated heterocycles. The number of aryl methyl sites for hydroxylation is 3. The van der Waals surface area contributed by atoms with E-state index < -0.39 is 147 Å². The zero-order valence-electron chi connectivity index (χ0n) is 46.4. The van der Waals surface area contributed by atoms with Crippen LogP contribution < -0.4 is 27.8 Å². The number of aromatic amines is 2. The number of nitrogens with one attached hydrogen (secondary N) is 4. The third-order valence-corrected chi connectivity index (χ3v) is 16.8. The van der Waals surface area contributed by atoms with Gasteiger partial charge in [-0.25, -0.2) is 9.78 Å². The molecule has 4 aliphatic heterocycles. The molecule has 0 spiro atoms. The number of aromatic nitrogens is 4. The van der Waals surface area contributed by atoms with Crippen molar-refractivity contribution < 1.29 is 84.4 Å². The van der Waals surface area contributed by atoms with Gasteiger partial charge in [-0.15, -0.1) is 0 Å². The zero-order valence-corrected chi connectivity index (χ0v) is 46.4. The van der Waals surface area contributed by atoms with E-state index in [1.54, 1.807) is 19.1 Å². The fourth-order valence-electron chi connectivity index (χ4n) is 12.0. The monoisotopic (exact) mass is 1150 g/mol. The van der Waals surface area contributed by atoms with E-state index >= 15 is 0 Å². The molecule has 26 heteroatoms. The predicted octanol–water partition coefficient (Wildman–Crippen LogP) is -1.18. The first-order valence-corrected chi connectivity index (χ1v) is 27.7. The number of nitrogens with two attached hydrogens (primary N) is 3. The first-order valence-electron chi connectivity index (χ1n) is 27.7. The van der Waals surface area contributed by atoms with Crippen molar-refractivity contribution in [2.24, 2.45) is 17.2 Å². The number of allylic oxidation sites excluding steroid dienone is 3. The van der Waals surface area contributed by atoms with Gasteiger partial charge in [-0.1, -0.05) is 26.5 Å². The van der Waals surface area contributed by atoms with Crippen LogP contribution in [0, 0.1) is 13.8 Å². The highest BCUT2D eigenvalue weighted by atomic mass is 16.7. The minimum absolute atomic E-state index is 0.0312. The molecule has 8 bridgehead atoms. The summed E-state index contributed by atoms with van der Waals surface area (Å²) in [5.41, 5.74) is 26.1. The molecular weight excluding hydrogens is 1070 g/mol. The number of rotatable bonds is 20. The van der Waals surface area contributed by atoms with Crippen LogP contribution in [0.25, 0.3) is 33.2 Å². The van der Waals surface area contributed by atoms with E-state index in [-0.39, 0.29) is 61.1 Å². The Kier molecular flexibility index (Phi) is 19.9. The van der Waals surface area contributed by atoms with Gasteiger partial charge in [-0.05, 0) is 93.5 Å². The third-order valence-electron chi connectivity index (χ3n) is 16.8. The van der Waals surface area contributed by atoms with Gasteiger partial charge in [0.2, 0.25) is 5.91 Å². The Labute approximate surface area is 472 Å². The summed E-state index contributed by atoms with van der Waals surface area (Å²) in [5.74, 6) is -4.27. The molecule has 5 aliphatic rings. The minimum atomic E-state index is -1.93. The van der Waals surface area contributed by atoms with Crippen molar-refractivity contribution in [1.82, 2.24) is 30.6 Å². The largest absolute Gasteiger partial charge is 0.481 e. The second-order valence-corrected chi connectivity index (χ2v) is 22.0. The van der Waals surface area contributed by atoms with E-state index in [1.165, 1.54) is 0 Å². The summed E-state index contributed by atoms with van der Waals surface area (Å²) in [6, 6.07) is 2.30. The number of carboxylic acid groups (broad SMARTS) is 2. The summed E-state index contributed by atoms with van der Waals surface area (Å²) in [6.07, 6.45) is -18.5. The summed E-state index contributed by atoms with van der Waals surface area (Å²) >= 11 is 0. The van der Waals surface area contributed by atoms with Gasteiger partial charge in [0, 0.05) is 76.8 Å². The summed E-state index contributed by atoms with van der Waals surface area (Å²) in [6.45, 7) is 12.5. The molecule has 0 aromatic carbocycles. The Bertz CT molecular complexity index is 3060. The highest BCUT2D eigenvalue weighted by Gasteiger charge is 2.52. The van der Waals surface area contributed by atoms with E-state index in [9.17, 15) is 65.4 Å². The van der Waals surface area contributed by atoms with Gasteiger partial charge < -0.3 is 108 Å². The SMILES string of the molecule is C=CC1=C(C)c2cc3nc(c(CC(=O)O)c4[nH]c(cc5[nH]c(cc1n2)c(C)c5CC)c(C)c4C(=O)O)[C@@H](CCC(=O)NCC1OC(OC2C(N)CC(NC[C@H](O)CCN)C(OC4OC(CO)C(O)C(N)C4O)C2O)C(O)C(O)C1O)[C@@H]3C. The lowest BCUT2D eigenvalue weighted by Gasteiger charge is -2.49. The van der Waals surface area contributed by atoms with Gasteiger partial charge >= 0.3 is 11.9 Å². The summed E-state index contributed by atoms with van der Waals surface area (Å²) < 4.78 is 23.9. The van der Waals surface area contributed by atoms with E-state index in [1.807, 2.05) is 39.8 Å². The highest BCUT2D eigenvalue weighted by Crippen LogP contribution is 2.44. The molecule has 3 aromatic heterocycles. The van der Waals surface area contributed by atoms with E-state index in [0.29, 0.717) is 34.6 Å². The smallest absolute Gasteiger partial charge is 0.338 e. The van der Waals surface area contributed by atoms with Gasteiger partial charge in [0.1, 0.15) is 61.0 Å². The van der Waals surface area contributed by atoms with Crippen LogP contribution in [0.4, 0.5) is 0 Å².